The Kier molecular flexibility index (Phi) is 1.90. The molecule has 0 aliphatic heterocycles. The summed E-state index contributed by atoms with van der Waals surface area (Å²) in [5.41, 5.74) is 4.13. The van der Waals surface area contributed by atoms with Gasteiger partial charge >= 0.3 is 0 Å². The van der Waals surface area contributed by atoms with Gasteiger partial charge in [-0.05, 0) is 54.9 Å². The lowest BCUT2D eigenvalue weighted by Gasteiger charge is -2.19. The lowest BCUT2D eigenvalue weighted by Crippen LogP contribution is -2.23. The zero-order chi connectivity index (χ0) is 14.6. The van der Waals surface area contributed by atoms with E-state index in [-0.39, 0.29) is 5.56 Å². The first kappa shape index (κ1) is 12.1. The standard InChI is InChI=1S/C17H17ClN2O/c1-16-9-17(16)8-7-12(16)13-14(17)19(2)20(15(13)21)11-5-3-10(18)4-6-11/h3-6,12H,7-9H2,1-2H3/t12-,16?,17-/m1/s1. The van der Waals surface area contributed by atoms with E-state index in [1.54, 1.807) is 0 Å². The van der Waals surface area contributed by atoms with Crippen molar-refractivity contribution in [1.29, 1.82) is 0 Å². The fourth-order valence-corrected chi connectivity index (χ4v) is 5.56. The molecule has 2 bridgehead atoms. The van der Waals surface area contributed by atoms with E-state index in [1.807, 2.05) is 36.0 Å². The molecule has 1 heterocycles. The molecule has 1 aromatic carbocycles. The predicted octanol–water partition coefficient (Wildman–Crippen LogP) is 3.37. The summed E-state index contributed by atoms with van der Waals surface area (Å²) >= 11 is 5.96. The third-order valence-corrected chi connectivity index (χ3v) is 6.69. The molecule has 2 saturated carbocycles. The third kappa shape index (κ3) is 1.11. The molecule has 3 aliphatic rings. The first-order chi connectivity index (χ1) is 9.99. The highest BCUT2D eigenvalue weighted by molar-refractivity contribution is 6.30. The van der Waals surface area contributed by atoms with Gasteiger partial charge in [0.1, 0.15) is 0 Å². The van der Waals surface area contributed by atoms with Gasteiger partial charge in [0.05, 0.1) is 11.4 Å². The van der Waals surface area contributed by atoms with E-state index in [1.165, 1.54) is 25.0 Å². The lowest BCUT2D eigenvalue weighted by molar-refractivity contribution is 0.470. The van der Waals surface area contributed by atoms with Gasteiger partial charge in [0.2, 0.25) is 0 Å². The van der Waals surface area contributed by atoms with E-state index < -0.39 is 0 Å². The summed E-state index contributed by atoms with van der Waals surface area (Å²) in [6.45, 7) is 2.37. The maximum atomic E-state index is 13.0. The van der Waals surface area contributed by atoms with Crippen LogP contribution in [0.15, 0.2) is 29.1 Å². The predicted molar refractivity (Wildman–Crippen MR) is 82.4 cm³/mol. The van der Waals surface area contributed by atoms with Crippen molar-refractivity contribution in [3.05, 3.63) is 50.9 Å². The Labute approximate surface area is 128 Å². The van der Waals surface area contributed by atoms with Gasteiger partial charge in [0, 0.05) is 23.0 Å². The molecule has 2 fully saturated rings. The van der Waals surface area contributed by atoms with Crippen molar-refractivity contribution >= 4 is 11.6 Å². The van der Waals surface area contributed by atoms with Crippen LogP contribution in [-0.2, 0) is 12.5 Å². The van der Waals surface area contributed by atoms with Crippen LogP contribution in [0.2, 0.25) is 5.02 Å². The molecular formula is C17H17ClN2O. The molecule has 0 amide bonds. The van der Waals surface area contributed by atoms with Crippen molar-refractivity contribution in [3.8, 4) is 5.69 Å². The zero-order valence-corrected chi connectivity index (χ0v) is 12.9. The molecule has 0 spiro atoms. The van der Waals surface area contributed by atoms with E-state index in [0.29, 0.717) is 21.8 Å². The molecule has 3 nitrogen and oxygen atoms in total. The summed E-state index contributed by atoms with van der Waals surface area (Å²) in [5, 5.41) is 0.696. The van der Waals surface area contributed by atoms with Gasteiger partial charge in [-0.3, -0.25) is 9.48 Å². The van der Waals surface area contributed by atoms with Gasteiger partial charge in [0.15, 0.2) is 0 Å². The van der Waals surface area contributed by atoms with Gasteiger partial charge in [-0.15, -0.1) is 0 Å². The smallest absolute Gasteiger partial charge is 0.275 e. The van der Waals surface area contributed by atoms with Gasteiger partial charge in [0.25, 0.3) is 5.56 Å². The second-order valence-electron chi connectivity index (χ2n) is 7.15. The first-order valence-electron chi connectivity index (χ1n) is 7.58. The number of rotatable bonds is 1. The maximum absolute atomic E-state index is 13.0. The quantitative estimate of drug-likeness (QED) is 0.793. The molecule has 1 unspecified atom stereocenters. The molecule has 108 valence electrons. The minimum absolute atomic E-state index is 0.173. The molecule has 3 aliphatic carbocycles. The summed E-state index contributed by atoms with van der Waals surface area (Å²) in [5.74, 6) is 0.472. The molecule has 21 heavy (non-hydrogen) atoms. The molecule has 1 aromatic heterocycles. The Hall–Kier alpha value is -1.48. The van der Waals surface area contributed by atoms with Gasteiger partial charge in [-0.1, -0.05) is 18.5 Å². The van der Waals surface area contributed by atoms with E-state index in [2.05, 4.69) is 11.6 Å². The molecular weight excluding hydrogens is 284 g/mol. The SMILES string of the molecule is Cn1c2c(c(=O)n1-c1ccc(Cl)cc1)[C@H]1CC[C@@]23CC13C. The first-order valence-corrected chi connectivity index (χ1v) is 7.96. The number of hydrogen-bond acceptors (Lipinski definition) is 1. The van der Waals surface area contributed by atoms with Crippen LogP contribution in [0.4, 0.5) is 0 Å². The third-order valence-electron chi connectivity index (χ3n) is 6.44. The van der Waals surface area contributed by atoms with Crippen LogP contribution < -0.4 is 5.56 Å². The maximum Gasteiger partial charge on any atom is 0.275 e. The summed E-state index contributed by atoms with van der Waals surface area (Å²) in [7, 11) is 2.03. The Morgan fingerprint density at radius 1 is 1.29 bits per heavy atom. The highest BCUT2D eigenvalue weighted by Gasteiger charge is 2.78. The van der Waals surface area contributed by atoms with E-state index in [0.717, 1.165) is 11.3 Å². The van der Waals surface area contributed by atoms with Crippen molar-refractivity contribution in [1.82, 2.24) is 9.36 Å². The van der Waals surface area contributed by atoms with Crippen LogP contribution in [-0.4, -0.2) is 9.36 Å². The normalized spacial score (nSPS) is 34.9. The monoisotopic (exact) mass is 300 g/mol. The Bertz CT molecular complexity index is 843. The lowest BCUT2D eigenvalue weighted by atomic mass is 9.86. The highest BCUT2D eigenvalue weighted by atomic mass is 35.5. The van der Waals surface area contributed by atoms with Crippen molar-refractivity contribution in [2.45, 2.75) is 37.5 Å². The number of halogens is 1. The van der Waals surface area contributed by atoms with Crippen LogP contribution in [0, 0.1) is 5.41 Å². The average Bonchev–Trinajstić information content (AvgIpc) is 2.70. The Balaban J connectivity index is 1.79. The average molecular weight is 301 g/mol. The molecule has 0 radical (unpaired) electrons. The summed E-state index contributed by atoms with van der Waals surface area (Å²) in [6.07, 6.45) is 3.69. The van der Waals surface area contributed by atoms with Crippen molar-refractivity contribution in [2.24, 2.45) is 12.5 Å². The summed E-state index contributed by atoms with van der Waals surface area (Å²) in [6, 6.07) is 7.53. The zero-order valence-electron chi connectivity index (χ0n) is 12.2. The molecule has 0 N–H and O–H groups in total. The van der Waals surface area contributed by atoms with E-state index in [9.17, 15) is 4.79 Å². The number of aromatic nitrogens is 2. The Morgan fingerprint density at radius 3 is 2.62 bits per heavy atom. The van der Waals surface area contributed by atoms with Crippen molar-refractivity contribution < 1.29 is 0 Å². The second-order valence-corrected chi connectivity index (χ2v) is 7.58. The summed E-state index contributed by atoms with van der Waals surface area (Å²) < 4.78 is 3.92. The van der Waals surface area contributed by atoms with Gasteiger partial charge in [-0.2, -0.15) is 0 Å². The second kappa shape index (κ2) is 3.30. The van der Waals surface area contributed by atoms with Crippen LogP contribution in [0.1, 0.15) is 43.4 Å². The topological polar surface area (TPSA) is 26.9 Å². The Morgan fingerprint density at radius 2 is 2.00 bits per heavy atom. The highest BCUT2D eigenvalue weighted by Crippen LogP contribution is 2.83. The molecule has 3 atom stereocenters. The van der Waals surface area contributed by atoms with Crippen molar-refractivity contribution in [3.63, 3.8) is 0 Å². The van der Waals surface area contributed by atoms with Gasteiger partial charge in [-0.25, -0.2) is 4.68 Å². The minimum Gasteiger partial charge on any atom is -0.284 e. The van der Waals surface area contributed by atoms with Crippen LogP contribution in [0.5, 0.6) is 0 Å². The number of benzene rings is 1. The fraction of sp³-hybridized carbons (Fsp3) is 0.471. The van der Waals surface area contributed by atoms with Crippen molar-refractivity contribution in [2.75, 3.05) is 0 Å². The molecule has 5 rings (SSSR count). The van der Waals surface area contributed by atoms with Crippen LogP contribution in [0.3, 0.4) is 0 Å². The van der Waals surface area contributed by atoms with E-state index in [4.69, 9.17) is 11.6 Å². The molecule has 4 heteroatoms. The number of hydrogen-bond donors (Lipinski definition) is 0. The number of fused-ring (bicyclic) bond motifs is 2. The summed E-state index contributed by atoms with van der Waals surface area (Å²) in [4.78, 5) is 13.0. The number of nitrogens with zero attached hydrogens (tertiary/aromatic N) is 2. The molecule has 0 saturated heterocycles. The fourth-order valence-electron chi connectivity index (χ4n) is 5.44. The van der Waals surface area contributed by atoms with Gasteiger partial charge < -0.3 is 0 Å². The largest absolute Gasteiger partial charge is 0.284 e. The van der Waals surface area contributed by atoms with Crippen LogP contribution in [0.25, 0.3) is 5.69 Å². The minimum atomic E-state index is 0.173. The van der Waals surface area contributed by atoms with Crippen LogP contribution >= 0.6 is 11.6 Å². The van der Waals surface area contributed by atoms with E-state index >= 15 is 0 Å². The molecule has 2 aromatic rings.